The highest BCUT2D eigenvalue weighted by molar-refractivity contribution is 5.69. The van der Waals surface area contributed by atoms with Crippen LogP contribution in [0.3, 0.4) is 0 Å². The fourth-order valence-electron chi connectivity index (χ4n) is 1.60. The molecule has 1 aromatic rings. The summed E-state index contributed by atoms with van der Waals surface area (Å²) < 4.78 is 0. The van der Waals surface area contributed by atoms with E-state index in [1.807, 2.05) is 19.1 Å². The van der Waals surface area contributed by atoms with Gasteiger partial charge in [-0.25, -0.2) is 0 Å². The van der Waals surface area contributed by atoms with Gasteiger partial charge in [0.05, 0.1) is 0 Å². The summed E-state index contributed by atoms with van der Waals surface area (Å²) in [4.78, 5) is 0. The summed E-state index contributed by atoms with van der Waals surface area (Å²) in [6.45, 7) is 15.9. The fourth-order valence-corrected chi connectivity index (χ4v) is 1.60. The van der Waals surface area contributed by atoms with Crippen molar-refractivity contribution in [2.24, 2.45) is 0 Å². The van der Waals surface area contributed by atoms with Gasteiger partial charge in [0.1, 0.15) is 5.75 Å². The predicted octanol–water partition coefficient (Wildman–Crippen LogP) is 5.52. The molecule has 0 amide bonds. The van der Waals surface area contributed by atoms with Crippen molar-refractivity contribution in [3.8, 4) is 5.75 Å². The Morgan fingerprint density at radius 3 is 2.16 bits per heavy atom. The highest BCUT2D eigenvalue weighted by Gasteiger charge is 2.08. The van der Waals surface area contributed by atoms with Gasteiger partial charge < -0.3 is 5.11 Å². The lowest BCUT2D eigenvalue weighted by molar-refractivity contribution is 0.467. The van der Waals surface area contributed by atoms with E-state index in [1.54, 1.807) is 6.08 Å². The molecule has 0 aliphatic heterocycles. The van der Waals surface area contributed by atoms with E-state index < -0.39 is 0 Å². The molecule has 0 bridgehead atoms. The number of allylic oxidation sites excluding steroid dienone is 2. The SMILES string of the molecule is C=CCc1cc(CC)cc(C(=C)C)c1O.CCCC. The van der Waals surface area contributed by atoms with E-state index in [9.17, 15) is 5.11 Å². The van der Waals surface area contributed by atoms with Crippen molar-refractivity contribution >= 4 is 5.57 Å². The van der Waals surface area contributed by atoms with Crippen LogP contribution in [-0.2, 0) is 12.8 Å². The summed E-state index contributed by atoms with van der Waals surface area (Å²) in [6.07, 6.45) is 6.10. The molecule has 0 aliphatic carbocycles. The lowest BCUT2D eigenvalue weighted by Crippen LogP contribution is -1.92. The van der Waals surface area contributed by atoms with Crippen LogP contribution in [0, 0.1) is 0 Å². The first-order valence-electron chi connectivity index (χ1n) is 7.13. The molecule has 106 valence electrons. The van der Waals surface area contributed by atoms with Crippen molar-refractivity contribution in [3.63, 3.8) is 0 Å². The Morgan fingerprint density at radius 1 is 1.21 bits per heavy atom. The second kappa shape index (κ2) is 9.43. The molecular weight excluding hydrogens is 232 g/mol. The average molecular weight is 260 g/mol. The number of phenolic OH excluding ortho intramolecular Hbond substituents is 1. The van der Waals surface area contributed by atoms with Crippen molar-refractivity contribution in [3.05, 3.63) is 48.1 Å². The summed E-state index contributed by atoms with van der Waals surface area (Å²) in [7, 11) is 0. The molecule has 0 saturated carbocycles. The largest absolute Gasteiger partial charge is 0.507 e. The Bertz CT molecular complexity index is 414. The minimum atomic E-state index is 0.347. The molecule has 1 nitrogen and oxygen atoms in total. The molecule has 1 rings (SSSR count). The summed E-state index contributed by atoms with van der Waals surface area (Å²) in [5.74, 6) is 0.347. The molecule has 0 heterocycles. The lowest BCUT2D eigenvalue weighted by atomic mass is 9.97. The molecule has 1 aromatic carbocycles. The van der Waals surface area contributed by atoms with Crippen molar-refractivity contribution in [1.82, 2.24) is 0 Å². The van der Waals surface area contributed by atoms with Crippen LogP contribution in [0.4, 0.5) is 0 Å². The zero-order valence-corrected chi connectivity index (χ0v) is 12.9. The van der Waals surface area contributed by atoms with Crippen LogP contribution >= 0.6 is 0 Å². The van der Waals surface area contributed by atoms with Crippen LogP contribution in [0.2, 0.25) is 0 Å². The first-order chi connectivity index (χ1) is 9.01. The zero-order valence-electron chi connectivity index (χ0n) is 12.9. The molecule has 0 spiro atoms. The monoisotopic (exact) mass is 260 g/mol. The second-order valence-electron chi connectivity index (χ2n) is 4.78. The molecule has 1 N–H and O–H groups in total. The third kappa shape index (κ3) is 5.78. The number of aromatic hydroxyl groups is 1. The standard InChI is InChI=1S/C14H18O.C4H10/c1-5-7-12-8-11(6-2)9-13(10(3)4)14(12)15;1-3-4-2/h5,8-9,15H,1,3,6-7H2,2,4H3;3-4H2,1-2H3. The number of unbranched alkanes of at least 4 members (excludes halogenated alkanes) is 1. The molecule has 1 heteroatoms. The Morgan fingerprint density at radius 2 is 1.79 bits per heavy atom. The van der Waals surface area contributed by atoms with Gasteiger partial charge in [0.25, 0.3) is 0 Å². The molecule has 0 saturated heterocycles. The summed E-state index contributed by atoms with van der Waals surface area (Å²) in [5.41, 5.74) is 3.91. The van der Waals surface area contributed by atoms with E-state index in [1.165, 1.54) is 18.4 Å². The summed E-state index contributed by atoms with van der Waals surface area (Å²) in [5, 5.41) is 10.0. The quantitative estimate of drug-likeness (QED) is 0.691. The Labute approximate surface area is 118 Å². The predicted molar refractivity (Wildman–Crippen MR) is 86.7 cm³/mol. The van der Waals surface area contributed by atoms with Gasteiger partial charge in [-0.1, -0.05) is 52.3 Å². The molecular formula is C18H28O. The third-order valence-electron chi connectivity index (χ3n) is 2.98. The molecule has 0 fully saturated rings. The van der Waals surface area contributed by atoms with Crippen LogP contribution in [0.1, 0.15) is 57.2 Å². The number of hydrogen-bond donors (Lipinski definition) is 1. The van der Waals surface area contributed by atoms with Crippen molar-refractivity contribution in [2.75, 3.05) is 0 Å². The average Bonchev–Trinajstić information content (AvgIpc) is 2.41. The molecule has 0 radical (unpaired) electrons. The number of aryl methyl sites for hydroxylation is 1. The lowest BCUT2D eigenvalue weighted by Gasteiger charge is -2.11. The van der Waals surface area contributed by atoms with Gasteiger partial charge >= 0.3 is 0 Å². The molecule has 0 aliphatic rings. The van der Waals surface area contributed by atoms with E-state index in [-0.39, 0.29) is 0 Å². The van der Waals surface area contributed by atoms with Gasteiger partial charge in [-0.2, -0.15) is 0 Å². The molecule has 0 atom stereocenters. The van der Waals surface area contributed by atoms with Gasteiger partial charge in [-0.05, 0) is 42.5 Å². The van der Waals surface area contributed by atoms with Gasteiger partial charge in [0.2, 0.25) is 0 Å². The highest BCUT2D eigenvalue weighted by atomic mass is 16.3. The maximum absolute atomic E-state index is 10.0. The smallest absolute Gasteiger partial charge is 0.126 e. The van der Waals surface area contributed by atoms with Gasteiger partial charge in [0, 0.05) is 5.56 Å². The van der Waals surface area contributed by atoms with E-state index in [0.29, 0.717) is 12.2 Å². The van der Waals surface area contributed by atoms with E-state index >= 15 is 0 Å². The van der Waals surface area contributed by atoms with Crippen molar-refractivity contribution in [1.29, 1.82) is 0 Å². The number of hydrogen-bond acceptors (Lipinski definition) is 1. The van der Waals surface area contributed by atoms with Gasteiger partial charge in [-0.3, -0.25) is 0 Å². The second-order valence-corrected chi connectivity index (χ2v) is 4.78. The zero-order chi connectivity index (χ0) is 14.8. The first-order valence-corrected chi connectivity index (χ1v) is 7.13. The topological polar surface area (TPSA) is 20.2 Å². The Balaban J connectivity index is 0.000000711. The van der Waals surface area contributed by atoms with E-state index in [0.717, 1.165) is 23.1 Å². The Kier molecular flexibility index (Phi) is 8.69. The van der Waals surface area contributed by atoms with E-state index in [4.69, 9.17) is 0 Å². The fraction of sp³-hybridized carbons (Fsp3) is 0.444. The highest BCUT2D eigenvalue weighted by Crippen LogP contribution is 2.30. The maximum Gasteiger partial charge on any atom is 0.126 e. The number of rotatable bonds is 5. The summed E-state index contributed by atoms with van der Waals surface area (Å²) >= 11 is 0. The van der Waals surface area contributed by atoms with Crippen LogP contribution < -0.4 is 0 Å². The van der Waals surface area contributed by atoms with Crippen LogP contribution in [0.25, 0.3) is 5.57 Å². The van der Waals surface area contributed by atoms with Gasteiger partial charge in [-0.15, -0.1) is 6.58 Å². The minimum absolute atomic E-state index is 0.347. The van der Waals surface area contributed by atoms with E-state index in [2.05, 4.69) is 33.9 Å². The molecule has 0 aromatic heterocycles. The maximum atomic E-state index is 10.0. The number of benzene rings is 1. The first kappa shape index (κ1) is 17.5. The molecule has 19 heavy (non-hydrogen) atoms. The number of phenols is 1. The van der Waals surface area contributed by atoms with Crippen LogP contribution in [0.15, 0.2) is 31.4 Å². The summed E-state index contributed by atoms with van der Waals surface area (Å²) in [6, 6.07) is 4.04. The third-order valence-corrected chi connectivity index (χ3v) is 2.98. The van der Waals surface area contributed by atoms with Crippen LogP contribution in [-0.4, -0.2) is 5.11 Å². The molecule has 0 unspecified atom stereocenters. The van der Waals surface area contributed by atoms with Crippen molar-refractivity contribution < 1.29 is 5.11 Å². The van der Waals surface area contributed by atoms with Gasteiger partial charge in [0.15, 0.2) is 0 Å². The van der Waals surface area contributed by atoms with Crippen molar-refractivity contribution in [2.45, 2.75) is 53.4 Å². The minimum Gasteiger partial charge on any atom is -0.507 e. The Hall–Kier alpha value is -1.50. The normalized spacial score (nSPS) is 9.47. The van der Waals surface area contributed by atoms with Crippen LogP contribution in [0.5, 0.6) is 5.75 Å².